The Morgan fingerprint density at radius 3 is 2.86 bits per heavy atom. The quantitative estimate of drug-likeness (QED) is 0.607. The molecular formula is C12H12S2. The van der Waals surface area contributed by atoms with Gasteiger partial charge >= 0.3 is 0 Å². The average Bonchev–Trinajstić information content (AvgIpc) is 2.59. The number of thiophene rings is 2. The molecule has 1 aliphatic rings. The Bertz CT molecular complexity index is 526. The van der Waals surface area contributed by atoms with E-state index in [-0.39, 0.29) is 0 Å². The van der Waals surface area contributed by atoms with Crippen molar-refractivity contribution in [3.8, 4) is 0 Å². The largest absolute Gasteiger partial charge is 0.139 e. The van der Waals surface area contributed by atoms with Crippen LogP contribution in [0.2, 0.25) is 0 Å². The predicted molar refractivity (Wildman–Crippen MR) is 66.4 cm³/mol. The van der Waals surface area contributed by atoms with E-state index in [1.807, 2.05) is 22.7 Å². The standard InChI is InChI=1S/C12H12S2/c1-7-3-4-9-10(5-7)14-11-6-8(2)13-12(9)11/h5-6H,3-4H2,1-2H3. The van der Waals surface area contributed by atoms with E-state index in [9.17, 15) is 0 Å². The third-order valence-electron chi connectivity index (χ3n) is 2.76. The van der Waals surface area contributed by atoms with Crippen LogP contribution in [0.3, 0.4) is 0 Å². The second kappa shape index (κ2) is 2.94. The highest BCUT2D eigenvalue weighted by atomic mass is 32.1. The summed E-state index contributed by atoms with van der Waals surface area (Å²) < 4.78 is 3.04. The highest BCUT2D eigenvalue weighted by molar-refractivity contribution is 7.28. The van der Waals surface area contributed by atoms with Crippen molar-refractivity contribution in [2.75, 3.05) is 0 Å². The summed E-state index contributed by atoms with van der Waals surface area (Å²) >= 11 is 3.91. The maximum absolute atomic E-state index is 2.37. The zero-order valence-electron chi connectivity index (χ0n) is 8.39. The van der Waals surface area contributed by atoms with Crippen LogP contribution in [0.5, 0.6) is 0 Å². The topological polar surface area (TPSA) is 0 Å². The Morgan fingerprint density at radius 2 is 2.00 bits per heavy atom. The minimum atomic E-state index is 1.25. The van der Waals surface area contributed by atoms with Crippen LogP contribution in [0.25, 0.3) is 15.5 Å². The van der Waals surface area contributed by atoms with Crippen molar-refractivity contribution in [2.24, 2.45) is 0 Å². The molecule has 14 heavy (non-hydrogen) atoms. The molecular weight excluding hydrogens is 208 g/mol. The van der Waals surface area contributed by atoms with E-state index >= 15 is 0 Å². The molecule has 2 aromatic rings. The summed E-state index contributed by atoms with van der Waals surface area (Å²) in [6.45, 7) is 4.44. The van der Waals surface area contributed by atoms with Crippen LogP contribution in [0.1, 0.15) is 28.7 Å². The van der Waals surface area contributed by atoms with Crippen LogP contribution in [0.4, 0.5) is 0 Å². The fourth-order valence-electron chi connectivity index (χ4n) is 2.04. The molecule has 2 aromatic heterocycles. The zero-order chi connectivity index (χ0) is 9.71. The van der Waals surface area contributed by atoms with E-state index in [1.165, 1.54) is 32.9 Å². The van der Waals surface area contributed by atoms with Crippen molar-refractivity contribution in [2.45, 2.75) is 26.7 Å². The first kappa shape index (κ1) is 8.69. The van der Waals surface area contributed by atoms with Gasteiger partial charge in [0.2, 0.25) is 0 Å². The number of hydrogen-bond acceptors (Lipinski definition) is 2. The van der Waals surface area contributed by atoms with Gasteiger partial charge in [-0.05, 0) is 44.4 Å². The summed E-state index contributed by atoms with van der Waals surface area (Å²) in [6, 6.07) is 2.33. The van der Waals surface area contributed by atoms with Gasteiger partial charge in [0.15, 0.2) is 0 Å². The minimum absolute atomic E-state index is 1.25. The Balaban J connectivity index is 2.32. The lowest BCUT2D eigenvalue weighted by molar-refractivity contribution is 0.944. The summed E-state index contributed by atoms with van der Waals surface area (Å²) in [4.78, 5) is 2.95. The maximum atomic E-state index is 2.37. The van der Waals surface area contributed by atoms with Gasteiger partial charge in [0.1, 0.15) is 0 Å². The van der Waals surface area contributed by atoms with Crippen molar-refractivity contribution >= 4 is 38.1 Å². The summed E-state index contributed by atoms with van der Waals surface area (Å²) in [7, 11) is 0. The van der Waals surface area contributed by atoms with Gasteiger partial charge in [0.05, 0.1) is 0 Å². The zero-order valence-corrected chi connectivity index (χ0v) is 10.0. The van der Waals surface area contributed by atoms with E-state index in [0.29, 0.717) is 0 Å². The lowest BCUT2D eigenvalue weighted by Gasteiger charge is -2.08. The van der Waals surface area contributed by atoms with E-state index < -0.39 is 0 Å². The number of fused-ring (bicyclic) bond motifs is 3. The molecule has 1 aliphatic carbocycles. The molecule has 0 radical (unpaired) electrons. The SMILES string of the molecule is CC1=Cc2sc3cc(C)sc3c2CC1. The third kappa shape index (κ3) is 1.17. The first-order chi connectivity index (χ1) is 6.74. The third-order valence-corrected chi connectivity index (χ3v) is 5.12. The van der Waals surface area contributed by atoms with E-state index in [4.69, 9.17) is 0 Å². The number of rotatable bonds is 0. The average molecular weight is 220 g/mol. The molecule has 0 aromatic carbocycles. The Labute approximate surface area is 91.9 Å². The highest BCUT2D eigenvalue weighted by Gasteiger charge is 2.16. The number of aryl methyl sites for hydroxylation is 2. The molecule has 3 rings (SSSR count). The number of allylic oxidation sites excluding steroid dienone is 1. The van der Waals surface area contributed by atoms with Gasteiger partial charge in [-0.15, -0.1) is 22.7 Å². The second-order valence-electron chi connectivity index (χ2n) is 3.99. The van der Waals surface area contributed by atoms with Crippen LogP contribution in [0.15, 0.2) is 11.6 Å². The minimum Gasteiger partial charge on any atom is -0.139 e. The molecule has 0 unspecified atom stereocenters. The molecule has 0 atom stereocenters. The Hall–Kier alpha value is -0.600. The van der Waals surface area contributed by atoms with E-state index in [0.717, 1.165) is 0 Å². The summed E-state index contributed by atoms with van der Waals surface area (Å²) in [6.07, 6.45) is 4.86. The van der Waals surface area contributed by atoms with E-state index in [1.54, 1.807) is 10.3 Å². The smallest absolute Gasteiger partial charge is 0.0491 e. The molecule has 0 nitrogen and oxygen atoms in total. The Morgan fingerprint density at radius 1 is 1.14 bits per heavy atom. The van der Waals surface area contributed by atoms with Gasteiger partial charge in [0, 0.05) is 19.2 Å². The van der Waals surface area contributed by atoms with Crippen molar-refractivity contribution in [1.29, 1.82) is 0 Å². The van der Waals surface area contributed by atoms with Crippen molar-refractivity contribution in [1.82, 2.24) is 0 Å². The van der Waals surface area contributed by atoms with Crippen LogP contribution < -0.4 is 0 Å². The monoisotopic (exact) mass is 220 g/mol. The number of hydrogen-bond donors (Lipinski definition) is 0. The molecule has 0 amide bonds. The highest BCUT2D eigenvalue weighted by Crippen LogP contribution is 2.41. The molecule has 0 saturated carbocycles. The molecule has 0 saturated heterocycles. The van der Waals surface area contributed by atoms with Crippen LogP contribution in [-0.2, 0) is 6.42 Å². The van der Waals surface area contributed by atoms with Crippen molar-refractivity contribution < 1.29 is 0 Å². The summed E-state index contributed by atoms with van der Waals surface area (Å²) in [5.41, 5.74) is 3.14. The van der Waals surface area contributed by atoms with Crippen LogP contribution in [0, 0.1) is 6.92 Å². The molecule has 0 bridgehead atoms. The van der Waals surface area contributed by atoms with Gasteiger partial charge in [-0.1, -0.05) is 5.57 Å². The first-order valence-corrected chi connectivity index (χ1v) is 6.56. The summed E-state index contributed by atoms with van der Waals surface area (Å²) in [5.74, 6) is 0. The molecule has 0 fully saturated rings. The predicted octanol–water partition coefficient (Wildman–Crippen LogP) is 4.62. The van der Waals surface area contributed by atoms with Crippen molar-refractivity contribution in [3.05, 3.63) is 27.0 Å². The first-order valence-electron chi connectivity index (χ1n) is 4.93. The fourth-order valence-corrected chi connectivity index (χ4v) is 4.70. The van der Waals surface area contributed by atoms with Gasteiger partial charge in [-0.2, -0.15) is 0 Å². The van der Waals surface area contributed by atoms with Crippen LogP contribution in [-0.4, -0.2) is 0 Å². The molecule has 0 N–H and O–H groups in total. The lowest BCUT2D eigenvalue weighted by Crippen LogP contribution is -1.92. The lowest BCUT2D eigenvalue weighted by atomic mass is 9.99. The Kier molecular flexibility index (Phi) is 1.83. The van der Waals surface area contributed by atoms with E-state index in [2.05, 4.69) is 26.0 Å². The second-order valence-corrected chi connectivity index (χ2v) is 6.33. The normalized spacial score (nSPS) is 15.7. The van der Waals surface area contributed by atoms with Crippen molar-refractivity contribution in [3.63, 3.8) is 0 Å². The molecule has 0 spiro atoms. The summed E-state index contributed by atoms with van der Waals surface area (Å²) in [5, 5.41) is 0. The molecule has 72 valence electrons. The van der Waals surface area contributed by atoms with Crippen LogP contribution >= 0.6 is 22.7 Å². The fraction of sp³-hybridized carbons (Fsp3) is 0.333. The molecule has 2 heterocycles. The van der Waals surface area contributed by atoms with Gasteiger partial charge < -0.3 is 0 Å². The molecule has 2 heteroatoms. The molecule has 0 aliphatic heterocycles. The van der Waals surface area contributed by atoms with Gasteiger partial charge in [-0.25, -0.2) is 0 Å². The maximum Gasteiger partial charge on any atom is 0.0491 e. The van der Waals surface area contributed by atoms with Gasteiger partial charge in [0.25, 0.3) is 0 Å². The van der Waals surface area contributed by atoms with Gasteiger partial charge in [-0.3, -0.25) is 0 Å².